The third-order valence-electron chi connectivity index (χ3n) is 4.95. The van der Waals surface area contributed by atoms with E-state index in [0.29, 0.717) is 11.8 Å². The summed E-state index contributed by atoms with van der Waals surface area (Å²) in [6.45, 7) is 0. The van der Waals surface area contributed by atoms with Crippen LogP contribution in [0.3, 0.4) is 0 Å². The van der Waals surface area contributed by atoms with Crippen molar-refractivity contribution in [1.29, 1.82) is 0 Å². The molecule has 1 aliphatic carbocycles. The van der Waals surface area contributed by atoms with Crippen molar-refractivity contribution in [2.45, 2.75) is 24.7 Å². The van der Waals surface area contributed by atoms with Crippen molar-refractivity contribution in [3.8, 4) is 11.1 Å². The molecule has 2 atom stereocenters. The molecular weight excluding hydrogens is 264 g/mol. The zero-order valence-corrected chi connectivity index (χ0v) is 12.7. The summed E-state index contributed by atoms with van der Waals surface area (Å²) in [6, 6.07) is 30.7. The third-order valence-corrected chi connectivity index (χ3v) is 4.95. The van der Waals surface area contributed by atoms with Crippen molar-refractivity contribution in [3.63, 3.8) is 0 Å². The predicted molar refractivity (Wildman–Crippen MR) is 93.0 cm³/mol. The topological polar surface area (TPSA) is 0 Å². The van der Waals surface area contributed by atoms with Crippen LogP contribution in [0.1, 0.15) is 35.8 Å². The van der Waals surface area contributed by atoms with Crippen molar-refractivity contribution in [3.05, 3.63) is 96.1 Å². The molecule has 22 heavy (non-hydrogen) atoms. The Morgan fingerprint density at radius 2 is 0.909 bits per heavy atom. The lowest BCUT2D eigenvalue weighted by atomic mass is 9.67. The first-order valence-corrected chi connectivity index (χ1v) is 8.12. The van der Waals surface area contributed by atoms with Crippen LogP contribution in [0, 0.1) is 0 Å². The molecule has 1 saturated carbocycles. The second-order valence-electron chi connectivity index (χ2n) is 6.19. The van der Waals surface area contributed by atoms with Gasteiger partial charge < -0.3 is 0 Å². The highest BCUT2D eigenvalue weighted by Crippen LogP contribution is 2.49. The fraction of sp³-hybridized carbons (Fsp3) is 0.182. The van der Waals surface area contributed by atoms with Crippen LogP contribution in [0.15, 0.2) is 84.9 Å². The molecule has 0 spiro atoms. The van der Waals surface area contributed by atoms with Crippen LogP contribution in [0.2, 0.25) is 0 Å². The molecule has 0 saturated heterocycles. The Balaban J connectivity index is 1.57. The van der Waals surface area contributed by atoms with E-state index >= 15 is 0 Å². The van der Waals surface area contributed by atoms with Gasteiger partial charge in [0.05, 0.1) is 0 Å². The summed E-state index contributed by atoms with van der Waals surface area (Å²) >= 11 is 0. The molecule has 0 bridgehead atoms. The summed E-state index contributed by atoms with van der Waals surface area (Å²) in [5.74, 6) is 1.39. The number of rotatable bonds is 3. The van der Waals surface area contributed by atoms with E-state index < -0.39 is 0 Å². The highest BCUT2D eigenvalue weighted by atomic mass is 14.4. The van der Waals surface area contributed by atoms with Gasteiger partial charge in [-0.15, -0.1) is 0 Å². The summed E-state index contributed by atoms with van der Waals surface area (Å²) in [5.41, 5.74) is 5.58. The van der Waals surface area contributed by atoms with Gasteiger partial charge in [0.2, 0.25) is 0 Å². The van der Waals surface area contributed by atoms with Gasteiger partial charge in [-0.25, -0.2) is 0 Å². The molecule has 0 aromatic heterocycles. The van der Waals surface area contributed by atoms with Gasteiger partial charge in [-0.2, -0.15) is 0 Å². The van der Waals surface area contributed by atoms with E-state index in [0.717, 1.165) is 0 Å². The average Bonchev–Trinajstić information content (AvgIpc) is 2.56. The highest BCUT2D eigenvalue weighted by Gasteiger charge is 2.32. The zero-order valence-electron chi connectivity index (χ0n) is 12.7. The minimum Gasteiger partial charge on any atom is -0.0622 e. The Bertz CT molecular complexity index is 726. The first-order chi connectivity index (χ1) is 10.9. The standard InChI is InChI=1S/C22H20/c1-3-7-17(8-4-1)18-11-13-20(14-12-18)22-16-15-21(22)19-9-5-2-6-10-19/h1-14,21-22H,15-16H2. The summed E-state index contributed by atoms with van der Waals surface area (Å²) in [7, 11) is 0. The molecular formula is C22H20. The second kappa shape index (κ2) is 5.81. The molecule has 108 valence electrons. The summed E-state index contributed by atoms with van der Waals surface area (Å²) < 4.78 is 0. The van der Waals surface area contributed by atoms with Crippen molar-refractivity contribution < 1.29 is 0 Å². The molecule has 0 heteroatoms. The van der Waals surface area contributed by atoms with Gasteiger partial charge in [0, 0.05) is 0 Å². The Morgan fingerprint density at radius 3 is 1.45 bits per heavy atom. The minimum absolute atomic E-state index is 0.687. The predicted octanol–water partition coefficient (Wildman–Crippen LogP) is 6.01. The number of hydrogen-bond donors (Lipinski definition) is 0. The maximum absolute atomic E-state index is 2.32. The summed E-state index contributed by atoms with van der Waals surface area (Å²) in [4.78, 5) is 0. The third kappa shape index (κ3) is 2.46. The van der Waals surface area contributed by atoms with Crippen molar-refractivity contribution in [1.82, 2.24) is 0 Å². The average molecular weight is 284 g/mol. The molecule has 3 aromatic rings. The summed E-state index contributed by atoms with van der Waals surface area (Å²) in [6.07, 6.45) is 2.62. The van der Waals surface area contributed by atoms with E-state index in [4.69, 9.17) is 0 Å². The zero-order chi connectivity index (χ0) is 14.8. The molecule has 0 aliphatic heterocycles. The lowest BCUT2D eigenvalue weighted by Crippen LogP contribution is -2.21. The van der Waals surface area contributed by atoms with Crippen LogP contribution in [0.5, 0.6) is 0 Å². The first-order valence-electron chi connectivity index (χ1n) is 8.12. The monoisotopic (exact) mass is 284 g/mol. The van der Waals surface area contributed by atoms with E-state index in [2.05, 4.69) is 84.9 Å². The van der Waals surface area contributed by atoms with Crippen LogP contribution in [-0.2, 0) is 0 Å². The molecule has 1 fully saturated rings. The van der Waals surface area contributed by atoms with E-state index in [1.807, 2.05) is 0 Å². The first kappa shape index (κ1) is 13.3. The molecule has 0 N–H and O–H groups in total. The van der Waals surface area contributed by atoms with E-state index in [-0.39, 0.29) is 0 Å². The van der Waals surface area contributed by atoms with Gasteiger partial charge in [-0.1, -0.05) is 84.9 Å². The maximum Gasteiger partial charge on any atom is -0.00929 e. The lowest BCUT2D eigenvalue weighted by molar-refractivity contribution is 0.346. The van der Waals surface area contributed by atoms with Crippen LogP contribution in [0.25, 0.3) is 11.1 Å². The normalized spacial score (nSPS) is 20.4. The van der Waals surface area contributed by atoms with Crippen LogP contribution in [-0.4, -0.2) is 0 Å². The van der Waals surface area contributed by atoms with Crippen molar-refractivity contribution in [2.75, 3.05) is 0 Å². The van der Waals surface area contributed by atoms with E-state index in [1.54, 1.807) is 0 Å². The molecule has 0 nitrogen and oxygen atoms in total. The molecule has 0 radical (unpaired) electrons. The van der Waals surface area contributed by atoms with Crippen molar-refractivity contribution >= 4 is 0 Å². The van der Waals surface area contributed by atoms with E-state index in [1.165, 1.54) is 35.1 Å². The van der Waals surface area contributed by atoms with Crippen LogP contribution >= 0.6 is 0 Å². The molecule has 0 amide bonds. The second-order valence-corrected chi connectivity index (χ2v) is 6.19. The SMILES string of the molecule is c1ccc(-c2ccc(C3CCC3c3ccccc3)cc2)cc1. The Kier molecular flexibility index (Phi) is 3.52. The molecule has 1 aliphatic rings. The molecule has 0 heterocycles. The smallest absolute Gasteiger partial charge is 0.00929 e. The number of hydrogen-bond acceptors (Lipinski definition) is 0. The highest BCUT2D eigenvalue weighted by molar-refractivity contribution is 5.63. The van der Waals surface area contributed by atoms with Gasteiger partial charge in [-0.05, 0) is 46.9 Å². The molecule has 2 unspecified atom stereocenters. The minimum atomic E-state index is 0.687. The maximum atomic E-state index is 2.32. The van der Waals surface area contributed by atoms with E-state index in [9.17, 15) is 0 Å². The van der Waals surface area contributed by atoms with Gasteiger partial charge in [0.25, 0.3) is 0 Å². The van der Waals surface area contributed by atoms with Gasteiger partial charge in [0.15, 0.2) is 0 Å². The Labute approximate surface area is 132 Å². The molecule has 4 rings (SSSR count). The largest absolute Gasteiger partial charge is 0.0622 e. The van der Waals surface area contributed by atoms with Crippen molar-refractivity contribution in [2.24, 2.45) is 0 Å². The Hall–Kier alpha value is -2.34. The van der Waals surface area contributed by atoms with Gasteiger partial charge in [0.1, 0.15) is 0 Å². The molecule has 3 aromatic carbocycles. The lowest BCUT2D eigenvalue weighted by Gasteiger charge is -2.37. The van der Waals surface area contributed by atoms with Gasteiger partial charge in [-0.3, -0.25) is 0 Å². The Morgan fingerprint density at radius 1 is 0.455 bits per heavy atom. The summed E-state index contributed by atoms with van der Waals surface area (Å²) in [5, 5.41) is 0. The van der Waals surface area contributed by atoms with Gasteiger partial charge >= 0.3 is 0 Å². The van der Waals surface area contributed by atoms with Crippen LogP contribution < -0.4 is 0 Å². The fourth-order valence-corrected chi connectivity index (χ4v) is 3.55. The number of benzene rings is 3. The quantitative estimate of drug-likeness (QED) is 0.552. The fourth-order valence-electron chi connectivity index (χ4n) is 3.55. The van der Waals surface area contributed by atoms with Crippen LogP contribution in [0.4, 0.5) is 0 Å².